The fraction of sp³-hybridized carbons (Fsp3) is 0. The number of benzene rings is 10. The topological polar surface area (TPSA) is 16.4 Å². The summed E-state index contributed by atoms with van der Waals surface area (Å²) in [5.74, 6) is 0. The number of hydrogen-bond donors (Lipinski definition) is 0. The highest BCUT2D eigenvalue weighted by Gasteiger charge is 2.19. The van der Waals surface area contributed by atoms with Gasteiger partial charge in [0.1, 0.15) is 11.2 Å². The lowest BCUT2D eigenvalue weighted by atomic mass is 9.95. The molecule has 0 saturated carbocycles. The minimum Gasteiger partial charge on any atom is -0.455 e. The van der Waals surface area contributed by atoms with Crippen LogP contribution in [0.3, 0.4) is 0 Å². The Bertz CT molecular complexity index is 3270. The maximum atomic E-state index is 6.45. The highest BCUT2D eigenvalue weighted by molar-refractivity contribution is 6.09. The van der Waals surface area contributed by atoms with E-state index in [0.29, 0.717) is 0 Å². The van der Waals surface area contributed by atoms with Crippen LogP contribution in [0, 0.1) is 0 Å². The first kappa shape index (κ1) is 33.6. The Hall–Kier alpha value is -7.68. The Morgan fingerprint density at radius 3 is 1.52 bits per heavy atom. The summed E-state index contributed by atoms with van der Waals surface area (Å²) in [7, 11) is 0. The molecule has 0 radical (unpaired) electrons. The molecule has 0 saturated heterocycles. The second-order valence-corrected chi connectivity index (χ2v) is 14.9. The fourth-order valence-corrected chi connectivity index (χ4v) is 8.70. The van der Waals surface area contributed by atoms with Crippen molar-refractivity contribution in [3.63, 3.8) is 0 Å². The van der Waals surface area contributed by atoms with Crippen molar-refractivity contribution in [2.45, 2.75) is 0 Å². The molecule has 0 unspecified atom stereocenters. The van der Waals surface area contributed by atoms with E-state index in [1.165, 1.54) is 43.8 Å². The van der Waals surface area contributed by atoms with Crippen LogP contribution in [0.15, 0.2) is 229 Å². The van der Waals surface area contributed by atoms with Crippen molar-refractivity contribution in [2.75, 3.05) is 4.90 Å². The predicted molar refractivity (Wildman–Crippen MR) is 245 cm³/mol. The molecular formula is C56H37NO. The second kappa shape index (κ2) is 14.1. The zero-order valence-corrected chi connectivity index (χ0v) is 31.7. The smallest absolute Gasteiger partial charge is 0.143 e. The standard InChI is InChI=1S/C56H37NO/c1-3-19-46-38(13-1)15-10-23-48(46)40-29-31-41(32-30-40)50-21-5-7-27-54(50)57(45-18-9-17-43(37-45)49-24-11-16-39-14-2-4-20-47(39)49)44-35-33-42(34-36-44)51-25-12-26-53-52-22-6-8-28-55(52)58-56(51)53/h1-37H. The third-order valence-corrected chi connectivity index (χ3v) is 11.5. The van der Waals surface area contributed by atoms with E-state index in [1.54, 1.807) is 0 Å². The maximum Gasteiger partial charge on any atom is 0.143 e. The first-order valence-corrected chi connectivity index (χ1v) is 19.8. The Balaban J connectivity index is 1.05. The van der Waals surface area contributed by atoms with Crippen LogP contribution < -0.4 is 4.90 Å². The quantitative estimate of drug-likeness (QED) is 0.162. The number of furan rings is 1. The third kappa shape index (κ3) is 5.82. The monoisotopic (exact) mass is 739 g/mol. The van der Waals surface area contributed by atoms with E-state index in [4.69, 9.17) is 4.42 Å². The molecule has 0 N–H and O–H groups in total. The van der Waals surface area contributed by atoms with E-state index in [1.807, 2.05) is 12.1 Å². The normalized spacial score (nSPS) is 11.4. The van der Waals surface area contributed by atoms with E-state index >= 15 is 0 Å². The largest absolute Gasteiger partial charge is 0.455 e. The van der Waals surface area contributed by atoms with E-state index in [9.17, 15) is 0 Å². The van der Waals surface area contributed by atoms with Crippen molar-refractivity contribution in [1.82, 2.24) is 0 Å². The number of anilines is 3. The molecule has 0 atom stereocenters. The SMILES string of the molecule is c1cc(-c2cccc3ccccc23)cc(N(c2ccc(-c3cccc4c3oc3ccccc34)cc2)c2ccccc2-c2ccc(-c3cccc4ccccc34)cc2)c1. The summed E-state index contributed by atoms with van der Waals surface area (Å²) in [5, 5.41) is 7.24. The average Bonchev–Trinajstić information content (AvgIpc) is 3.69. The van der Waals surface area contributed by atoms with Crippen molar-refractivity contribution in [1.29, 1.82) is 0 Å². The minimum atomic E-state index is 0.903. The van der Waals surface area contributed by atoms with Gasteiger partial charge < -0.3 is 9.32 Å². The molecule has 2 heteroatoms. The van der Waals surface area contributed by atoms with Crippen LogP contribution in [-0.4, -0.2) is 0 Å². The van der Waals surface area contributed by atoms with E-state index in [2.05, 4.69) is 217 Å². The molecule has 10 aromatic carbocycles. The third-order valence-electron chi connectivity index (χ3n) is 11.5. The van der Waals surface area contributed by atoms with Crippen LogP contribution >= 0.6 is 0 Å². The molecule has 58 heavy (non-hydrogen) atoms. The zero-order chi connectivity index (χ0) is 38.4. The molecule has 272 valence electrons. The summed E-state index contributed by atoms with van der Waals surface area (Å²) in [6.07, 6.45) is 0. The summed E-state index contributed by atoms with van der Waals surface area (Å²) in [6, 6.07) is 80.7. The summed E-state index contributed by atoms with van der Waals surface area (Å²) in [6.45, 7) is 0. The van der Waals surface area contributed by atoms with Crippen molar-refractivity contribution < 1.29 is 4.42 Å². The summed E-state index contributed by atoms with van der Waals surface area (Å²) >= 11 is 0. The van der Waals surface area contributed by atoms with Gasteiger partial charge in [0, 0.05) is 33.3 Å². The van der Waals surface area contributed by atoms with Gasteiger partial charge >= 0.3 is 0 Å². The molecule has 0 aliphatic rings. The molecule has 0 spiro atoms. The van der Waals surface area contributed by atoms with Gasteiger partial charge in [-0.3, -0.25) is 0 Å². The molecule has 0 fully saturated rings. The van der Waals surface area contributed by atoms with E-state index in [0.717, 1.165) is 61.3 Å². The second-order valence-electron chi connectivity index (χ2n) is 14.9. The molecule has 2 nitrogen and oxygen atoms in total. The van der Waals surface area contributed by atoms with Crippen LogP contribution in [0.4, 0.5) is 17.1 Å². The van der Waals surface area contributed by atoms with Gasteiger partial charge in [-0.2, -0.15) is 0 Å². The van der Waals surface area contributed by atoms with Crippen LogP contribution in [0.25, 0.3) is 88.0 Å². The van der Waals surface area contributed by atoms with Crippen molar-refractivity contribution in [3.05, 3.63) is 224 Å². The molecule has 1 heterocycles. The highest BCUT2D eigenvalue weighted by Crippen LogP contribution is 2.44. The summed E-state index contributed by atoms with van der Waals surface area (Å²) < 4.78 is 6.45. The lowest BCUT2D eigenvalue weighted by Crippen LogP contribution is -2.11. The van der Waals surface area contributed by atoms with Gasteiger partial charge in [0.05, 0.1) is 5.69 Å². The molecule has 11 aromatic rings. The predicted octanol–water partition coefficient (Wildman–Crippen LogP) is 16.0. The molecule has 0 bridgehead atoms. The molecule has 11 rings (SSSR count). The minimum absolute atomic E-state index is 0.903. The number of para-hydroxylation sites is 3. The van der Waals surface area contributed by atoms with E-state index in [-0.39, 0.29) is 0 Å². The lowest BCUT2D eigenvalue weighted by Gasteiger charge is -2.28. The van der Waals surface area contributed by atoms with Crippen LogP contribution in [0.5, 0.6) is 0 Å². The van der Waals surface area contributed by atoms with Gasteiger partial charge in [-0.25, -0.2) is 0 Å². The number of rotatable bonds is 7. The number of nitrogens with zero attached hydrogens (tertiary/aromatic N) is 1. The molecule has 0 aliphatic carbocycles. The molecular weight excluding hydrogens is 703 g/mol. The Kier molecular flexibility index (Phi) is 8.19. The van der Waals surface area contributed by atoms with Gasteiger partial charge in [-0.15, -0.1) is 0 Å². The van der Waals surface area contributed by atoms with Gasteiger partial charge in [0.15, 0.2) is 0 Å². The molecule has 1 aromatic heterocycles. The zero-order valence-electron chi connectivity index (χ0n) is 31.7. The molecule has 0 amide bonds. The van der Waals surface area contributed by atoms with Crippen molar-refractivity contribution in [3.8, 4) is 44.5 Å². The Morgan fingerprint density at radius 1 is 0.293 bits per heavy atom. The van der Waals surface area contributed by atoms with Gasteiger partial charge in [-0.1, -0.05) is 188 Å². The van der Waals surface area contributed by atoms with Crippen LogP contribution in [-0.2, 0) is 0 Å². The summed E-state index contributed by atoms with van der Waals surface area (Å²) in [4.78, 5) is 2.40. The number of hydrogen-bond acceptors (Lipinski definition) is 2. The maximum absolute atomic E-state index is 6.45. The van der Waals surface area contributed by atoms with Crippen LogP contribution in [0.1, 0.15) is 0 Å². The number of fused-ring (bicyclic) bond motifs is 5. The van der Waals surface area contributed by atoms with Gasteiger partial charge in [0.2, 0.25) is 0 Å². The van der Waals surface area contributed by atoms with Crippen molar-refractivity contribution in [2.24, 2.45) is 0 Å². The van der Waals surface area contributed by atoms with Gasteiger partial charge in [0.25, 0.3) is 0 Å². The average molecular weight is 740 g/mol. The first-order chi connectivity index (χ1) is 28.8. The van der Waals surface area contributed by atoms with Crippen molar-refractivity contribution >= 4 is 60.5 Å². The molecule has 0 aliphatic heterocycles. The lowest BCUT2D eigenvalue weighted by molar-refractivity contribution is 0.670. The summed E-state index contributed by atoms with van der Waals surface area (Å²) in [5.41, 5.74) is 14.4. The highest BCUT2D eigenvalue weighted by atomic mass is 16.3. The Morgan fingerprint density at radius 2 is 0.776 bits per heavy atom. The van der Waals surface area contributed by atoms with Gasteiger partial charge in [-0.05, 0) is 91.3 Å². The first-order valence-electron chi connectivity index (χ1n) is 19.8. The Labute approximate surface area is 337 Å². The fourth-order valence-electron chi connectivity index (χ4n) is 8.70. The van der Waals surface area contributed by atoms with E-state index < -0.39 is 0 Å². The van der Waals surface area contributed by atoms with Crippen LogP contribution in [0.2, 0.25) is 0 Å².